The van der Waals surface area contributed by atoms with Crippen molar-refractivity contribution in [2.45, 2.75) is 33.6 Å². The maximum atomic E-state index is 4.67. The quantitative estimate of drug-likeness (QED) is 0.573. The van der Waals surface area contributed by atoms with Crippen molar-refractivity contribution in [3.05, 3.63) is 65.4 Å². The molecular formula is C21H22N6. The van der Waals surface area contributed by atoms with Crippen LogP contribution in [-0.4, -0.2) is 25.0 Å². The Morgan fingerprint density at radius 3 is 2.11 bits per heavy atom. The van der Waals surface area contributed by atoms with E-state index in [1.807, 2.05) is 31.2 Å². The number of aromatic nitrogens is 5. The average Bonchev–Trinajstić information content (AvgIpc) is 3.13. The van der Waals surface area contributed by atoms with Gasteiger partial charge in [0.05, 0.1) is 11.4 Å². The molecule has 27 heavy (non-hydrogen) atoms. The molecule has 2 heterocycles. The van der Waals surface area contributed by atoms with Gasteiger partial charge >= 0.3 is 0 Å². The third kappa shape index (κ3) is 3.38. The topological polar surface area (TPSA) is 68.5 Å². The molecule has 2 aromatic carbocycles. The second-order valence-electron chi connectivity index (χ2n) is 6.50. The molecule has 0 aliphatic heterocycles. The number of rotatable bonds is 5. The SMILES string of the molecule is CCc1ccc(Nc2nc(C)c3nnn(-c4ccc(CC)cc4)c3n2)cc1. The fourth-order valence-electron chi connectivity index (χ4n) is 3.00. The fourth-order valence-corrected chi connectivity index (χ4v) is 3.00. The number of nitrogens with one attached hydrogen (secondary N) is 1. The molecule has 0 spiro atoms. The van der Waals surface area contributed by atoms with Gasteiger partial charge in [0, 0.05) is 5.69 Å². The Morgan fingerprint density at radius 1 is 0.852 bits per heavy atom. The van der Waals surface area contributed by atoms with Gasteiger partial charge in [0.25, 0.3) is 0 Å². The number of fused-ring (bicyclic) bond motifs is 1. The highest BCUT2D eigenvalue weighted by Gasteiger charge is 2.13. The molecule has 0 radical (unpaired) electrons. The first-order chi connectivity index (χ1) is 13.2. The van der Waals surface area contributed by atoms with E-state index in [1.54, 1.807) is 4.68 Å². The maximum Gasteiger partial charge on any atom is 0.229 e. The molecule has 0 fully saturated rings. The maximum absolute atomic E-state index is 4.67. The second kappa shape index (κ2) is 7.15. The van der Waals surface area contributed by atoms with Gasteiger partial charge in [0.1, 0.15) is 0 Å². The number of aryl methyl sites for hydroxylation is 3. The molecule has 6 heteroatoms. The Hall–Kier alpha value is -3.28. The van der Waals surface area contributed by atoms with Crippen LogP contribution < -0.4 is 5.32 Å². The van der Waals surface area contributed by atoms with E-state index in [-0.39, 0.29) is 0 Å². The third-order valence-corrected chi connectivity index (χ3v) is 4.68. The van der Waals surface area contributed by atoms with Crippen LogP contribution in [0.2, 0.25) is 0 Å². The van der Waals surface area contributed by atoms with E-state index in [0.29, 0.717) is 17.1 Å². The van der Waals surface area contributed by atoms with E-state index in [0.717, 1.165) is 29.9 Å². The van der Waals surface area contributed by atoms with Gasteiger partial charge in [-0.3, -0.25) is 0 Å². The van der Waals surface area contributed by atoms with Crippen molar-refractivity contribution in [2.24, 2.45) is 0 Å². The molecule has 2 aromatic heterocycles. The zero-order chi connectivity index (χ0) is 18.8. The molecule has 0 atom stereocenters. The zero-order valence-corrected chi connectivity index (χ0v) is 15.8. The molecule has 0 amide bonds. The lowest BCUT2D eigenvalue weighted by atomic mass is 10.1. The van der Waals surface area contributed by atoms with Gasteiger partial charge in [-0.2, -0.15) is 9.67 Å². The van der Waals surface area contributed by atoms with E-state index in [2.05, 4.69) is 63.7 Å². The highest BCUT2D eigenvalue weighted by molar-refractivity contribution is 5.76. The van der Waals surface area contributed by atoms with Crippen LogP contribution in [0.5, 0.6) is 0 Å². The van der Waals surface area contributed by atoms with Gasteiger partial charge in [-0.05, 0) is 55.2 Å². The van der Waals surface area contributed by atoms with Gasteiger partial charge in [0.15, 0.2) is 11.2 Å². The van der Waals surface area contributed by atoms with Crippen LogP contribution >= 0.6 is 0 Å². The smallest absolute Gasteiger partial charge is 0.229 e. The van der Waals surface area contributed by atoms with Gasteiger partial charge in [0.2, 0.25) is 5.95 Å². The molecule has 0 saturated carbocycles. The van der Waals surface area contributed by atoms with Gasteiger partial charge in [-0.15, -0.1) is 5.10 Å². The Kier molecular flexibility index (Phi) is 4.54. The van der Waals surface area contributed by atoms with Crippen molar-refractivity contribution in [1.82, 2.24) is 25.0 Å². The van der Waals surface area contributed by atoms with Crippen molar-refractivity contribution >= 4 is 22.8 Å². The number of nitrogens with zero attached hydrogens (tertiary/aromatic N) is 5. The van der Waals surface area contributed by atoms with Gasteiger partial charge < -0.3 is 5.32 Å². The number of anilines is 2. The summed E-state index contributed by atoms with van der Waals surface area (Å²) in [6, 6.07) is 16.6. The standard InChI is InChI=1S/C21H22N6/c1-4-15-6-10-17(11-7-15)23-21-22-14(3)19-20(24-21)27(26-25-19)18-12-8-16(5-2)9-13-18/h6-13H,4-5H2,1-3H3,(H,22,23,24). The highest BCUT2D eigenvalue weighted by atomic mass is 15.4. The van der Waals surface area contributed by atoms with Crippen molar-refractivity contribution in [3.63, 3.8) is 0 Å². The van der Waals surface area contributed by atoms with Crippen LogP contribution in [0.4, 0.5) is 11.6 Å². The van der Waals surface area contributed by atoms with Crippen molar-refractivity contribution in [1.29, 1.82) is 0 Å². The van der Waals surface area contributed by atoms with E-state index < -0.39 is 0 Å². The number of benzene rings is 2. The van der Waals surface area contributed by atoms with E-state index in [9.17, 15) is 0 Å². The number of hydrogen-bond acceptors (Lipinski definition) is 5. The van der Waals surface area contributed by atoms with Crippen molar-refractivity contribution in [2.75, 3.05) is 5.32 Å². The summed E-state index contributed by atoms with van der Waals surface area (Å²) >= 11 is 0. The van der Waals surface area contributed by atoms with Crippen LogP contribution in [0.3, 0.4) is 0 Å². The summed E-state index contributed by atoms with van der Waals surface area (Å²) in [5, 5.41) is 11.8. The van der Waals surface area contributed by atoms with Crippen LogP contribution in [-0.2, 0) is 12.8 Å². The summed E-state index contributed by atoms with van der Waals surface area (Å²) in [6.45, 7) is 6.21. The summed E-state index contributed by atoms with van der Waals surface area (Å²) in [6.07, 6.45) is 2.02. The number of hydrogen-bond donors (Lipinski definition) is 1. The lowest BCUT2D eigenvalue weighted by Gasteiger charge is -2.08. The van der Waals surface area contributed by atoms with E-state index in [1.165, 1.54) is 11.1 Å². The fraction of sp³-hybridized carbons (Fsp3) is 0.238. The first kappa shape index (κ1) is 17.1. The van der Waals surface area contributed by atoms with E-state index in [4.69, 9.17) is 0 Å². The molecule has 0 bridgehead atoms. The predicted molar refractivity (Wildman–Crippen MR) is 108 cm³/mol. The Bertz CT molecular complexity index is 1060. The van der Waals surface area contributed by atoms with Crippen molar-refractivity contribution < 1.29 is 0 Å². The molecule has 4 aromatic rings. The van der Waals surface area contributed by atoms with Crippen molar-refractivity contribution in [3.8, 4) is 5.69 Å². The molecule has 1 N–H and O–H groups in total. The monoisotopic (exact) mass is 358 g/mol. The molecular weight excluding hydrogens is 336 g/mol. The molecule has 4 rings (SSSR count). The summed E-state index contributed by atoms with van der Waals surface area (Å²) in [4.78, 5) is 9.20. The van der Waals surface area contributed by atoms with E-state index >= 15 is 0 Å². The van der Waals surface area contributed by atoms with Crippen LogP contribution in [0, 0.1) is 6.92 Å². The zero-order valence-electron chi connectivity index (χ0n) is 15.8. The van der Waals surface area contributed by atoms with Crippen LogP contribution in [0.1, 0.15) is 30.7 Å². The minimum Gasteiger partial charge on any atom is -0.324 e. The molecule has 6 nitrogen and oxygen atoms in total. The molecule has 0 aliphatic rings. The summed E-state index contributed by atoms with van der Waals surface area (Å²) in [5.74, 6) is 0.540. The first-order valence-corrected chi connectivity index (χ1v) is 9.23. The van der Waals surface area contributed by atoms with Crippen LogP contribution in [0.15, 0.2) is 48.5 Å². The third-order valence-electron chi connectivity index (χ3n) is 4.68. The Balaban J connectivity index is 1.72. The minimum atomic E-state index is 0.540. The lowest BCUT2D eigenvalue weighted by molar-refractivity contribution is 0.816. The Labute approximate surface area is 158 Å². The van der Waals surface area contributed by atoms with Crippen LogP contribution in [0.25, 0.3) is 16.9 Å². The highest BCUT2D eigenvalue weighted by Crippen LogP contribution is 2.21. The first-order valence-electron chi connectivity index (χ1n) is 9.23. The Morgan fingerprint density at radius 2 is 1.48 bits per heavy atom. The molecule has 0 saturated heterocycles. The summed E-state index contributed by atoms with van der Waals surface area (Å²) in [7, 11) is 0. The predicted octanol–water partition coefficient (Wildman–Crippen LogP) is 4.39. The summed E-state index contributed by atoms with van der Waals surface area (Å²) in [5.41, 5.74) is 6.67. The normalized spacial score (nSPS) is 11.1. The summed E-state index contributed by atoms with van der Waals surface area (Å²) < 4.78 is 1.76. The molecule has 136 valence electrons. The largest absolute Gasteiger partial charge is 0.324 e. The molecule has 0 aliphatic carbocycles. The van der Waals surface area contributed by atoms with Gasteiger partial charge in [-0.25, -0.2) is 4.98 Å². The molecule has 0 unspecified atom stereocenters. The average molecular weight is 358 g/mol. The van der Waals surface area contributed by atoms with Gasteiger partial charge in [-0.1, -0.05) is 43.3 Å². The minimum absolute atomic E-state index is 0.540. The lowest BCUT2D eigenvalue weighted by Crippen LogP contribution is -2.03. The second-order valence-corrected chi connectivity index (χ2v) is 6.50.